The van der Waals surface area contributed by atoms with Crippen molar-refractivity contribution in [3.63, 3.8) is 0 Å². The van der Waals surface area contributed by atoms with Crippen molar-refractivity contribution in [1.29, 1.82) is 0 Å². The highest BCUT2D eigenvalue weighted by Gasteiger charge is 2.53. The molecule has 0 radical (unpaired) electrons. The molecule has 1 aromatic rings. The molecule has 1 atom stereocenters. The maximum absolute atomic E-state index is 6.15. The van der Waals surface area contributed by atoms with Crippen LogP contribution in [0.1, 0.15) is 39.2 Å². The van der Waals surface area contributed by atoms with Crippen LogP contribution in [0.2, 0.25) is 0 Å². The standard InChI is InChI=1S/C12H19BN2O2/c1-11(2)12(3,4)17-13(16-11)10(14)9-6-5-7-15-8-9/h5-8,10H,14H2,1-4H3. The molecule has 1 aliphatic rings. The maximum atomic E-state index is 6.15. The van der Waals surface area contributed by atoms with Crippen molar-refractivity contribution in [2.45, 2.75) is 44.8 Å². The fraction of sp³-hybridized carbons (Fsp3) is 0.583. The summed E-state index contributed by atoms with van der Waals surface area (Å²) in [6, 6.07) is 3.79. The van der Waals surface area contributed by atoms with Gasteiger partial charge in [-0.25, -0.2) is 0 Å². The van der Waals surface area contributed by atoms with Gasteiger partial charge in [0.15, 0.2) is 0 Å². The van der Waals surface area contributed by atoms with Crippen molar-refractivity contribution in [2.75, 3.05) is 0 Å². The van der Waals surface area contributed by atoms with Crippen LogP contribution in [0, 0.1) is 0 Å². The van der Waals surface area contributed by atoms with Gasteiger partial charge in [0.25, 0.3) is 0 Å². The van der Waals surface area contributed by atoms with Gasteiger partial charge < -0.3 is 15.0 Å². The molecule has 0 spiro atoms. The Morgan fingerprint density at radius 1 is 1.24 bits per heavy atom. The zero-order valence-corrected chi connectivity index (χ0v) is 10.8. The zero-order valence-electron chi connectivity index (χ0n) is 10.8. The predicted octanol–water partition coefficient (Wildman–Crippen LogP) is 1.71. The lowest BCUT2D eigenvalue weighted by atomic mass is 9.75. The molecule has 0 bridgehead atoms. The highest BCUT2D eigenvalue weighted by molar-refractivity contribution is 6.47. The van der Waals surface area contributed by atoms with Crippen molar-refractivity contribution < 1.29 is 9.31 Å². The van der Waals surface area contributed by atoms with E-state index in [9.17, 15) is 0 Å². The Morgan fingerprint density at radius 2 is 1.82 bits per heavy atom. The van der Waals surface area contributed by atoms with Gasteiger partial charge in [-0.3, -0.25) is 4.98 Å². The SMILES string of the molecule is CC1(C)OB(C(N)c2cccnc2)OC1(C)C. The second-order valence-corrected chi connectivity index (χ2v) is 5.44. The van der Waals surface area contributed by atoms with E-state index in [1.807, 2.05) is 39.8 Å². The van der Waals surface area contributed by atoms with E-state index >= 15 is 0 Å². The summed E-state index contributed by atoms with van der Waals surface area (Å²) < 4.78 is 11.8. The molecule has 1 aromatic heterocycles. The summed E-state index contributed by atoms with van der Waals surface area (Å²) in [5.41, 5.74) is 6.38. The monoisotopic (exact) mass is 234 g/mol. The summed E-state index contributed by atoms with van der Waals surface area (Å²) in [6.45, 7) is 8.07. The van der Waals surface area contributed by atoms with Gasteiger partial charge in [0.1, 0.15) is 0 Å². The van der Waals surface area contributed by atoms with E-state index in [4.69, 9.17) is 15.0 Å². The van der Waals surface area contributed by atoms with Crippen LogP contribution in [0.15, 0.2) is 24.5 Å². The van der Waals surface area contributed by atoms with E-state index in [0.717, 1.165) is 5.56 Å². The van der Waals surface area contributed by atoms with Crippen LogP contribution in [-0.2, 0) is 9.31 Å². The Bertz CT molecular complexity index is 379. The van der Waals surface area contributed by atoms with Crippen LogP contribution in [0.3, 0.4) is 0 Å². The first-order valence-corrected chi connectivity index (χ1v) is 5.85. The minimum absolute atomic E-state index is 0.315. The average molecular weight is 234 g/mol. The average Bonchev–Trinajstić information content (AvgIpc) is 2.48. The smallest absolute Gasteiger partial charge is 0.402 e. The van der Waals surface area contributed by atoms with Gasteiger partial charge in [0.05, 0.1) is 17.1 Å². The molecule has 2 rings (SSSR count). The Kier molecular flexibility index (Phi) is 3.02. The van der Waals surface area contributed by atoms with E-state index in [2.05, 4.69) is 4.98 Å². The van der Waals surface area contributed by atoms with Crippen molar-refractivity contribution in [1.82, 2.24) is 4.98 Å². The number of aromatic nitrogens is 1. The predicted molar refractivity (Wildman–Crippen MR) is 67.2 cm³/mol. The highest BCUT2D eigenvalue weighted by Crippen LogP contribution is 2.39. The molecule has 0 aliphatic carbocycles. The van der Waals surface area contributed by atoms with Gasteiger partial charge in [-0.2, -0.15) is 0 Å². The largest absolute Gasteiger partial charge is 0.480 e. The van der Waals surface area contributed by atoms with E-state index < -0.39 is 7.12 Å². The van der Waals surface area contributed by atoms with Crippen LogP contribution in [0.5, 0.6) is 0 Å². The number of hydrogen-bond donors (Lipinski definition) is 1. The molecular formula is C12H19BN2O2. The summed E-state index contributed by atoms with van der Waals surface area (Å²) in [6.07, 6.45) is 3.47. The van der Waals surface area contributed by atoms with Crippen LogP contribution in [0.4, 0.5) is 0 Å². The summed E-state index contributed by atoms with van der Waals surface area (Å²) >= 11 is 0. The van der Waals surface area contributed by atoms with Crippen LogP contribution in [-0.4, -0.2) is 23.3 Å². The van der Waals surface area contributed by atoms with Crippen molar-refractivity contribution in [3.8, 4) is 0 Å². The maximum Gasteiger partial charge on any atom is 0.480 e. The van der Waals surface area contributed by atoms with Crippen molar-refractivity contribution >= 4 is 7.12 Å². The quantitative estimate of drug-likeness (QED) is 0.791. The van der Waals surface area contributed by atoms with E-state index in [1.165, 1.54) is 0 Å². The van der Waals surface area contributed by atoms with Crippen molar-refractivity contribution in [2.24, 2.45) is 5.73 Å². The summed E-state index contributed by atoms with van der Waals surface area (Å²) in [5, 5.41) is 0. The first-order valence-electron chi connectivity index (χ1n) is 5.85. The summed E-state index contributed by atoms with van der Waals surface area (Å²) in [5.74, 6) is -0.315. The summed E-state index contributed by atoms with van der Waals surface area (Å²) in [4.78, 5) is 4.06. The normalized spacial score (nSPS) is 23.7. The fourth-order valence-corrected chi connectivity index (χ4v) is 1.77. The van der Waals surface area contributed by atoms with Gasteiger partial charge in [0, 0.05) is 12.4 Å². The molecule has 17 heavy (non-hydrogen) atoms. The number of nitrogens with two attached hydrogens (primary N) is 1. The van der Waals surface area contributed by atoms with Gasteiger partial charge in [-0.05, 0) is 39.3 Å². The van der Waals surface area contributed by atoms with Crippen molar-refractivity contribution in [3.05, 3.63) is 30.1 Å². The minimum atomic E-state index is -0.427. The van der Waals surface area contributed by atoms with E-state index in [0.29, 0.717) is 0 Å². The molecule has 1 aliphatic heterocycles. The van der Waals surface area contributed by atoms with Gasteiger partial charge in [0.2, 0.25) is 0 Å². The Morgan fingerprint density at radius 3 is 2.29 bits per heavy atom. The topological polar surface area (TPSA) is 57.4 Å². The number of rotatable bonds is 2. The third kappa shape index (κ3) is 2.23. The lowest BCUT2D eigenvalue weighted by Gasteiger charge is -2.32. The Hall–Kier alpha value is -0.905. The number of pyridine rings is 1. The number of nitrogens with zero attached hydrogens (tertiary/aromatic N) is 1. The Labute approximate surface area is 103 Å². The zero-order chi connectivity index (χ0) is 12.7. The van der Waals surface area contributed by atoms with Crippen LogP contribution < -0.4 is 5.73 Å². The second-order valence-electron chi connectivity index (χ2n) is 5.44. The third-order valence-corrected chi connectivity index (χ3v) is 3.63. The number of hydrogen-bond acceptors (Lipinski definition) is 4. The molecule has 1 fully saturated rings. The highest BCUT2D eigenvalue weighted by atomic mass is 16.7. The molecule has 1 unspecified atom stereocenters. The fourth-order valence-electron chi connectivity index (χ4n) is 1.77. The second kappa shape index (κ2) is 4.08. The van der Waals surface area contributed by atoms with Gasteiger partial charge >= 0.3 is 7.12 Å². The minimum Gasteiger partial charge on any atom is -0.402 e. The van der Waals surface area contributed by atoms with Gasteiger partial charge in [-0.15, -0.1) is 0 Å². The molecule has 0 aromatic carbocycles. The molecule has 4 nitrogen and oxygen atoms in total. The molecule has 1 saturated heterocycles. The van der Waals surface area contributed by atoms with Gasteiger partial charge in [-0.1, -0.05) is 6.07 Å². The Balaban J connectivity index is 2.17. The van der Waals surface area contributed by atoms with Crippen LogP contribution in [0.25, 0.3) is 0 Å². The molecular weight excluding hydrogens is 215 g/mol. The van der Waals surface area contributed by atoms with Crippen LogP contribution >= 0.6 is 0 Å². The third-order valence-electron chi connectivity index (χ3n) is 3.63. The first-order chi connectivity index (χ1) is 7.83. The molecule has 0 amide bonds. The van der Waals surface area contributed by atoms with E-state index in [-0.39, 0.29) is 17.1 Å². The molecule has 92 valence electrons. The first kappa shape index (κ1) is 12.5. The molecule has 2 heterocycles. The lowest BCUT2D eigenvalue weighted by Crippen LogP contribution is -2.41. The molecule has 0 saturated carbocycles. The summed E-state index contributed by atoms with van der Waals surface area (Å²) in [7, 11) is -0.427. The van der Waals surface area contributed by atoms with E-state index in [1.54, 1.807) is 12.4 Å². The lowest BCUT2D eigenvalue weighted by molar-refractivity contribution is 0.00578. The molecule has 5 heteroatoms. The molecule has 2 N–H and O–H groups in total.